The first kappa shape index (κ1) is 13.5. The number of piperidine rings is 1. The van der Waals surface area contributed by atoms with Gasteiger partial charge in [-0.2, -0.15) is 0 Å². The molecule has 106 valence electrons. The van der Waals surface area contributed by atoms with Crippen LogP contribution in [0.4, 0.5) is 0 Å². The number of hydrogen-bond donors (Lipinski definition) is 0. The molecule has 1 unspecified atom stereocenters. The quantitative estimate of drug-likeness (QED) is 0.848. The fourth-order valence-corrected chi connectivity index (χ4v) is 3.24. The lowest BCUT2D eigenvalue weighted by Gasteiger charge is -2.32. The molecule has 0 saturated carbocycles. The molecule has 4 nitrogen and oxygen atoms in total. The van der Waals surface area contributed by atoms with Crippen LogP contribution in [0, 0.1) is 5.92 Å². The highest BCUT2D eigenvalue weighted by Crippen LogP contribution is 2.20. The van der Waals surface area contributed by atoms with E-state index in [1.165, 1.54) is 24.3 Å². The summed E-state index contributed by atoms with van der Waals surface area (Å²) >= 11 is 1.73. The zero-order valence-corrected chi connectivity index (χ0v) is 12.3. The Bertz CT molecular complexity index is 503. The van der Waals surface area contributed by atoms with E-state index >= 15 is 0 Å². The van der Waals surface area contributed by atoms with Crippen LogP contribution in [-0.2, 0) is 6.54 Å². The summed E-state index contributed by atoms with van der Waals surface area (Å²) in [6.07, 6.45) is 6.23. The highest BCUT2D eigenvalue weighted by atomic mass is 32.1. The minimum atomic E-state index is 0.596. The Morgan fingerprint density at radius 2 is 2.40 bits per heavy atom. The van der Waals surface area contributed by atoms with Crippen molar-refractivity contribution in [2.45, 2.75) is 19.4 Å². The average molecular weight is 289 g/mol. The van der Waals surface area contributed by atoms with Gasteiger partial charge in [0.1, 0.15) is 0 Å². The monoisotopic (exact) mass is 289 g/mol. The number of likely N-dealkylation sites (tertiary alicyclic amines) is 1. The summed E-state index contributed by atoms with van der Waals surface area (Å²) in [6.45, 7) is 4.06. The van der Waals surface area contributed by atoms with Gasteiger partial charge in [0.05, 0.1) is 12.1 Å². The van der Waals surface area contributed by atoms with Gasteiger partial charge in [-0.15, -0.1) is 11.3 Å². The van der Waals surface area contributed by atoms with Gasteiger partial charge in [-0.3, -0.25) is 9.88 Å². The Balaban J connectivity index is 1.48. The molecule has 0 aromatic carbocycles. The van der Waals surface area contributed by atoms with Crippen molar-refractivity contribution in [2.75, 3.05) is 19.7 Å². The molecule has 0 bridgehead atoms. The Kier molecular flexibility index (Phi) is 4.61. The van der Waals surface area contributed by atoms with E-state index in [0.717, 1.165) is 25.6 Å². The summed E-state index contributed by atoms with van der Waals surface area (Å²) in [6, 6.07) is 5.78. The zero-order valence-electron chi connectivity index (χ0n) is 11.4. The first-order chi connectivity index (χ1) is 9.90. The summed E-state index contributed by atoms with van der Waals surface area (Å²) in [5.41, 5.74) is 1.90. The Morgan fingerprint density at radius 3 is 3.20 bits per heavy atom. The molecule has 5 heteroatoms. The topological polar surface area (TPSA) is 38.2 Å². The highest BCUT2D eigenvalue weighted by Gasteiger charge is 2.21. The Morgan fingerprint density at radius 1 is 1.40 bits per heavy atom. The smallest absolute Gasteiger partial charge is 0.213 e. The molecule has 0 N–H and O–H groups in total. The first-order valence-corrected chi connectivity index (χ1v) is 7.91. The van der Waals surface area contributed by atoms with Crippen LogP contribution in [0.15, 0.2) is 36.1 Å². The SMILES string of the molecule is c1ccc(OCC2CCCN(Cc3cncs3)C2)nc1. The van der Waals surface area contributed by atoms with E-state index < -0.39 is 0 Å². The lowest BCUT2D eigenvalue weighted by atomic mass is 9.99. The van der Waals surface area contributed by atoms with E-state index in [4.69, 9.17) is 4.74 Å². The van der Waals surface area contributed by atoms with Crippen molar-refractivity contribution in [1.82, 2.24) is 14.9 Å². The highest BCUT2D eigenvalue weighted by molar-refractivity contribution is 7.09. The molecule has 2 aromatic rings. The average Bonchev–Trinajstić information content (AvgIpc) is 3.00. The summed E-state index contributed by atoms with van der Waals surface area (Å²) in [7, 11) is 0. The summed E-state index contributed by atoms with van der Waals surface area (Å²) in [5.74, 6) is 1.32. The molecule has 0 aliphatic carbocycles. The van der Waals surface area contributed by atoms with E-state index in [1.807, 2.05) is 29.9 Å². The van der Waals surface area contributed by atoms with Crippen molar-refractivity contribution in [2.24, 2.45) is 5.92 Å². The number of rotatable bonds is 5. The van der Waals surface area contributed by atoms with Gasteiger partial charge in [-0.25, -0.2) is 4.98 Å². The van der Waals surface area contributed by atoms with Gasteiger partial charge in [0.15, 0.2) is 0 Å². The van der Waals surface area contributed by atoms with Crippen LogP contribution in [0.3, 0.4) is 0 Å². The standard InChI is InChI=1S/C15H19N3OS/c1-2-6-17-15(5-1)19-11-13-4-3-7-18(9-13)10-14-8-16-12-20-14/h1-2,5-6,8,12-13H,3-4,7,9-11H2. The van der Waals surface area contributed by atoms with Crippen LogP contribution >= 0.6 is 11.3 Å². The van der Waals surface area contributed by atoms with E-state index in [2.05, 4.69) is 14.9 Å². The van der Waals surface area contributed by atoms with Gasteiger partial charge in [0, 0.05) is 42.3 Å². The number of thiazole rings is 1. The molecular weight excluding hydrogens is 270 g/mol. The maximum absolute atomic E-state index is 5.78. The van der Waals surface area contributed by atoms with Crippen molar-refractivity contribution in [3.8, 4) is 5.88 Å². The van der Waals surface area contributed by atoms with Crippen molar-refractivity contribution in [3.05, 3.63) is 41.0 Å². The van der Waals surface area contributed by atoms with Crippen LogP contribution in [0.25, 0.3) is 0 Å². The molecule has 20 heavy (non-hydrogen) atoms. The van der Waals surface area contributed by atoms with E-state index in [1.54, 1.807) is 17.5 Å². The molecule has 0 radical (unpaired) electrons. The molecular formula is C15H19N3OS. The predicted molar refractivity (Wildman–Crippen MR) is 79.8 cm³/mol. The first-order valence-electron chi connectivity index (χ1n) is 7.04. The van der Waals surface area contributed by atoms with Gasteiger partial charge in [0.2, 0.25) is 5.88 Å². The second kappa shape index (κ2) is 6.81. The minimum absolute atomic E-state index is 0.596. The molecule has 1 atom stereocenters. The number of ether oxygens (including phenoxy) is 1. The van der Waals surface area contributed by atoms with Gasteiger partial charge in [-0.05, 0) is 25.5 Å². The van der Waals surface area contributed by atoms with Gasteiger partial charge in [0.25, 0.3) is 0 Å². The fourth-order valence-electron chi connectivity index (χ4n) is 2.61. The van der Waals surface area contributed by atoms with Crippen molar-refractivity contribution < 1.29 is 4.74 Å². The molecule has 3 heterocycles. The second-order valence-electron chi connectivity index (χ2n) is 5.19. The second-order valence-corrected chi connectivity index (χ2v) is 6.16. The number of aromatic nitrogens is 2. The largest absolute Gasteiger partial charge is 0.477 e. The fraction of sp³-hybridized carbons (Fsp3) is 0.467. The van der Waals surface area contributed by atoms with E-state index in [0.29, 0.717) is 5.92 Å². The van der Waals surface area contributed by atoms with Crippen molar-refractivity contribution >= 4 is 11.3 Å². The molecule has 1 aliphatic rings. The Hall–Kier alpha value is -1.46. The minimum Gasteiger partial charge on any atom is -0.477 e. The lowest BCUT2D eigenvalue weighted by molar-refractivity contribution is 0.124. The van der Waals surface area contributed by atoms with Gasteiger partial charge < -0.3 is 4.74 Å². The van der Waals surface area contributed by atoms with Crippen LogP contribution < -0.4 is 4.74 Å². The van der Waals surface area contributed by atoms with Crippen LogP contribution in [0.2, 0.25) is 0 Å². The van der Waals surface area contributed by atoms with Gasteiger partial charge in [-0.1, -0.05) is 6.07 Å². The molecule has 1 saturated heterocycles. The third kappa shape index (κ3) is 3.77. The molecule has 0 spiro atoms. The summed E-state index contributed by atoms with van der Waals surface area (Å²) in [4.78, 5) is 12.2. The van der Waals surface area contributed by atoms with Crippen molar-refractivity contribution in [3.63, 3.8) is 0 Å². The van der Waals surface area contributed by atoms with Crippen molar-refractivity contribution in [1.29, 1.82) is 0 Å². The number of hydrogen-bond acceptors (Lipinski definition) is 5. The number of pyridine rings is 1. The van der Waals surface area contributed by atoms with Gasteiger partial charge >= 0.3 is 0 Å². The van der Waals surface area contributed by atoms with Crippen LogP contribution in [0.1, 0.15) is 17.7 Å². The maximum atomic E-state index is 5.78. The van der Waals surface area contributed by atoms with Crippen LogP contribution in [0.5, 0.6) is 5.88 Å². The molecule has 1 aliphatic heterocycles. The zero-order chi connectivity index (χ0) is 13.6. The third-order valence-electron chi connectivity index (χ3n) is 3.57. The molecule has 2 aromatic heterocycles. The number of nitrogens with zero attached hydrogens (tertiary/aromatic N) is 3. The van der Waals surface area contributed by atoms with Crippen LogP contribution in [-0.4, -0.2) is 34.6 Å². The summed E-state index contributed by atoms with van der Waals surface area (Å²) < 4.78 is 5.78. The predicted octanol–water partition coefficient (Wildman–Crippen LogP) is 2.83. The molecule has 1 fully saturated rings. The van der Waals surface area contributed by atoms with E-state index in [9.17, 15) is 0 Å². The maximum Gasteiger partial charge on any atom is 0.213 e. The summed E-state index contributed by atoms with van der Waals surface area (Å²) in [5, 5.41) is 0. The van der Waals surface area contributed by atoms with E-state index in [-0.39, 0.29) is 0 Å². The lowest BCUT2D eigenvalue weighted by Crippen LogP contribution is -2.37. The molecule has 0 amide bonds. The third-order valence-corrected chi connectivity index (χ3v) is 4.34. The normalized spacial score (nSPS) is 19.9. The molecule has 3 rings (SSSR count). The Labute approximate surface area is 123 Å².